The smallest absolute Gasteiger partial charge is 0.148 e. The highest BCUT2D eigenvalue weighted by atomic mass is 19.1. The molecule has 0 heterocycles. The van der Waals surface area contributed by atoms with Gasteiger partial charge in [0.1, 0.15) is 11.6 Å². The Morgan fingerprint density at radius 1 is 1.25 bits per heavy atom. The van der Waals surface area contributed by atoms with Crippen LogP contribution in [-0.2, 0) is 4.74 Å². The minimum absolute atomic E-state index is 0.257. The molecule has 0 saturated carbocycles. The molecule has 1 aromatic carbocycles. The van der Waals surface area contributed by atoms with Crippen LogP contribution >= 0.6 is 0 Å². The molecule has 0 aromatic heterocycles. The Bertz CT molecular complexity index is 423. The summed E-state index contributed by atoms with van der Waals surface area (Å²) in [6.07, 6.45) is 1.87. The van der Waals surface area contributed by atoms with Gasteiger partial charge < -0.3 is 20.1 Å². The zero-order valence-electron chi connectivity index (χ0n) is 12.8. The van der Waals surface area contributed by atoms with E-state index in [-0.39, 0.29) is 11.9 Å². The molecule has 20 heavy (non-hydrogen) atoms. The van der Waals surface area contributed by atoms with Gasteiger partial charge >= 0.3 is 0 Å². The zero-order chi connectivity index (χ0) is 15.1. The molecule has 0 radical (unpaired) electrons. The van der Waals surface area contributed by atoms with E-state index in [1.807, 2.05) is 4.90 Å². The summed E-state index contributed by atoms with van der Waals surface area (Å²) in [5.74, 6) is 0.168. The molecule has 0 aliphatic heterocycles. The predicted molar refractivity (Wildman–Crippen MR) is 81.0 cm³/mol. The molecule has 0 bridgehead atoms. The van der Waals surface area contributed by atoms with Crippen LogP contribution in [0, 0.1) is 5.82 Å². The van der Waals surface area contributed by atoms with Gasteiger partial charge in [-0.05, 0) is 12.8 Å². The number of nitrogens with zero attached hydrogens (tertiary/aromatic N) is 1. The van der Waals surface area contributed by atoms with Crippen LogP contribution in [-0.4, -0.2) is 33.4 Å². The second kappa shape index (κ2) is 7.94. The summed E-state index contributed by atoms with van der Waals surface area (Å²) in [5.41, 5.74) is 6.56. The van der Waals surface area contributed by atoms with Gasteiger partial charge in [0.2, 0.25) is 0 Å². The molecule has 1 rings (SSSR count). The number of nitrogen functional groups attached to an aromatic ring is 1. The van der Waals surface area contributed by atoms with Gasteiger partial charge in [0.15, 0.2) is 0 Å². The molecule has 0 aliphatic carbocycles. The van der Waals surface area contributed by atoms with Gasteiger partial charge in [0, 0.05) is 31.8 Å². The summed E-state index contributed by atoms with van der Waals surface area (Å²) >= 11 is 0. The van der Waals surface area contributed by atoms with Gasteiger partial charge in [0.25, 0.3) is 0 Å². The number of nitrogens with two attached hydrogens (primary N) is 1. The summed E-state index contributed by atoms with van der Waals surface area (Å²) in [6, 6.07) is 3.24. The van der Waals surface area contributed by atoms with Crippen LogP contribution in [0.4, 0.5) is 15.8 Å². The molecule has 1 aromatic rings. The van der Waals surface area contributed by atoms with Gasteiger partial charge in [-0.1, -0.05) is 13.8 Å². The van der Waals surface area contributed by atoms with Crippen molar-refractivity contribution in [2.75, 3.05) is 38.0 Å². The molecule has 0 atom stereocenters. The van der Waals surface area contributed by atoms with Crippen molar-refractivity contribution >= 4 is 11.4 Å². The Balaban J connectivity index is 3.17. The van der Waals surface area contributed by atoms with Gasteiger partial charge in [-0.2, -0.15) is 0 Å². The number of anilines is 2. The molecule has 114 valence electrons. The van der Waals surface area contributed by atoms with Crippen molar-refractivity contribution in [3.8, 4) is 5.75 Å². The molecule has 0 amide bonds. The van der Waals surface area contributed by atoms with Crippen molar-refractivity contribution in [1.82, 2.24) is 0 Å². The van der Waals surface area contributed by atoms with E-state index in [4.69, 9.17) is 15.2 Å². The lowest BCUT2D eigenvalue weighted by Gasteiger charge is -2.33. The number of benzene rings is 1. The van der Waals surface area contributed by atoms with Crippen molar-refractivity contribution in [2.45, 2.75) is 32.7 Å². The number of hydrogen-bond acceptors (Lipinski definition) is 4. The van der Waals surface area contributed by atoms with E-state index in [1.54, 1.807) is 13.2 Å². The first-order chi connectivity index (χ1) is 9.58. The Labute approximate surface area is 120 Å². The Morgan fingerprint density at radius 3 is 2.40 bits per heavy atom. The van der Waals surface area contributed by atoms with E-state index in [2.05, 4.69) is 13.8 Å². The van der Waals surface area contributed by atoms with Gasteiger partial charge in [0.05, 0.1) is 25.1 Å². The third kappa shape index (κ3) is 3.76. The largest absolute Gasteiger partial charge is 0.495 e. The Kier molecular flexibility index (Phi) is 6.58. The van der Waals surface area contributed by atoms with Crippen molar-refractivity contribution in [1.29, 1.82) is 0 Å². The fourth-order valence-corrected chi connectivity index (χ4v) is 2.37. The van der Waals surface area contributed by atoms with Gasteiger partial charge in [-0.3, -0.25) is 0 Å². The van der Waals surface area contributed by atoms with Crippen LogP contribution in [0.1, 0.15) is 26.7 Å². The first-order valence-corrected chi connectivity index (χ1v) is 6.97. The van der Waals surface area contributed by atoms with E-state index < -0.39 is 0 Å². The maximum Gasteiger partial charge on any atom is 0.148 e. The molecule has 0 saturated heterocycles. The average Bonchev–Trinajstić information content (AvgIpc) is 2.44. The second-order valence-corrected chi connectivity index (χ2v) is 4.70. The molecular weight excluding hydrogens is 259 g/mol. The lowest BCUT2D eigenvalue weighted by molar-refractivity contribution is 0.202. The summed E-state index contributed by atoms with van der Waals surface area (Å²) in [5, 5.41) is 0. The fraction of sp³-hybridized carbons (Fsp3) is 0.600. The van der Waals surface area contributed by atoms with Crippen molar-refractivity contribution in [3.63, 3.8) is 0 Å². The highest BCUT2D eigenvalue weighted by molar-refractivity contribution is 5.63. The second-order valence-electron chi connectivity index (χ2n) is 4.70. The van der Waals surface area contributed by atoms with E-state index in [9.17, 15) is 4.39 Å². The lowest BCUT2D eigenvalue weighted by atomic mass is 10.1. The topological polar surface area (TPSA) is 47.7 Å². The molecule has 5 heteroatoms. The molecule has 2 N–H and O–H groups in total. The zero-order valence-corrected chi connectivity index (χ0v) is 12.8. The maximum absolute atomic E-state index is 14.3. The minimum Gasteiger partial charge on any atom is -0.495 e. The highest BCUT2D eigenvalue weighted by Gasteiger charge is 2.20. The van der Waals surface area contributed by atoms with Crippen LogP contribution < -0.4 is 15.4 Å². The van der Waals surface area contributed by atoms with E-state index >= 15 is 0 Å². The van der Waals surface area contributed by atoms with Crippen LogP contribution in [0.5, 0.6) is 5.75 Å². The molecule has 0 aliphatic rings. The predicted octanol–water partition coefficient (Wildman–Crippen LogP) is 3.06. The van der Waals surface area contributed by atoms with E-state index in [0.717, 1.165) is 12.8 Å². The molecule has 0 fully saturated rings. The highest BCUT2D eigenvalue weighted by Crippen LogP contribution is 2.32. The number of halogens is 1. The number of rotatable bonds is 8. The first-order valence-electron chi connectivity index (χ1n) is 6.97. The average molecular weight is 284 g/mol. The first kappa shape index (κ1) is 16.6. The van der Waals surface area contributed by atoms with Crippen molar-refractivity contribution < 1.29 is 13.9 Å². The Hall–Kier alpha value is -1.49. The van der Waals surface area contributed by atoms with E-state index in [1.165, 1.54) is 13.2 Å². The fourth-order valence-electron chi connectivity index (χ4n) is 2.37. The van der Waals surface area contributed by atoms with Crippen molar-refractivity contribution in [2.24, 2.45) is 0 Å². The van der Waals surface area contributed by atoms with Crippen LogP contribution in [0.2, 0.25) is 0 Å². The molecule has 4 nitrogen and oxygen atoms in total. The SMILES string of the molecule is CCC(CC)N(CCOC)c1cc(OC)c(N)cc1F. The third-order valence-corrected chi connectivity index (χ3v) is 3.53. The van der Waals surface area contributed by atoms with Crippen LogP contribution in [0.25, 0.3) is 0 Å². The monoisotopic (exact) mass is 284 g/mol. The maximum atomic E-state index is 14.3. The summed E-state index contributed by atoms with van der Waals surface area (Å²) in [4.78, 5) is 2.03. The standard InChI is InChI=1S/C15H25FN2O2/c1-5-11(6-2)18(7-8-19-3)14-10-15(20-4)13(17)9-12(14)16/h9-11H,5-8,17H2,1-4H3. The van der Waals surface area contributed by atoms with E-state index in [0.29, 0.717) is 30.3 Å². The molecule has 0 spiro atoms. The summed E-state index contributed by atoms with van der Waals surface area (Å²) in [6.45, 7) is 5.37. The number of hydrogen-bond donors (Lipinski definition) is 1. The van der Waals surface area contributed by atoms with Gasteiger partial charge in [-0.15, -0.1) is 0 Å². The number of ether oxygens (including phenoxy) is 2. The normalized spacial score (nSPS) is 10.9. The van der Waals surface area contributed by atoms with Crippen LogP contribution in [0.3, 0.4) is 0 Å². The molecular formula is C15H25FN2O2. The summed E-state index contributed by atoms with van der Waals surface area (Å²) < 4.78 is 24.6. The lowest BCUT2D eigenvalue weighted by Crippen LogP contribution is -2.37. The van der Waals surface area contributed by atoms with Gasteiger partial charge in [-0.25, -0.2) is 4.39 Å². The summed E-state index contributed by atoms with van der Waals surface area (Å²) in [7, 11) is 3.18. The molecule has 0 unspecified atom stereocenters. The van der Waals surface area contributed by atoms with Crippen LogP contribution in [0.15, 0.2) is 12.1 Å². The quantitative estimate of drug-likeness (QED) is 0.745. The Morgan fingerprint density at radius 2 is 1.90 bits per heavy atom. The van der Waals surface area contributed by atoms with Crippen molar-refractivity contribution in [3.05, 3.63) is 17.9 Å². The minimum atomic E-state index is -0.327. The number of methoxy groups -OCH3 is 2. The third-order valence-electron chi connectivity index (χ3n) is 3.53.